The minimum atomic E-state index is -0.998. The highest BCUT2D eigenvalue weighted by molar-refractivity contribution is 6.37. The molecular formula is C18H17Cl2NO4. The van der Waals surface area contributed by atoms with Gasteiger partial charge in [0.15, 0.2) is 6.10 Å². The molecule has 0 unspecified atom stereocenters. The van der Waals surface area contributed by atoms with Crippen LogP contribution in [0.15, 0.2) is 36.4 Å². The molecule has 1 atom stereocenters. The van der Waals surface area contributed by atoms with Crippen molar-refractivity contribution in [2.45, 2.75) is 20.0 Å². The van der Waals surface area contributed by atoms with Crippen molar-refractivity contribution in [2.75, 3.05) is 12.3 Å². The Bertz CT molecular complexity index is 790. The van der Waals surface area contributed by atoms with E-state index in [9.17, 15) is 9.59 Å². The van der Waals surface area contributed by atoms with Crippen molar-refractivity contribution in [1.82, 2.24) is 0 Å². The third kappa shape index (κ3) is 4.65. The summed E-state index contributed by atoms with van der Waals surface area (Å²) in [6.07, 6.45) is -0.998. The van der Waals surface area contributed by atoms with Gasteiger partial charge in [-0.1, -0.05) is 23.2 Å². The summed E-state index contributed by atoms with van der Waals surface area (Å²) in [5.41, 5.74) is 6.24. The van der Waals surface area contributed by atoms with E-state index in [-0.39, 0.29) is 27.1 Å². The molecule has 5 nitrogen and oxygen atoms in total. The van der Waals surface area contributed by atoms with Gasteiger partial charge >= 0.3 is 5.97 Å². The molecule has 2 rings (SSSR count). The van der Waals surface area contributed by atoms with E-state index < -0.39 is 12.1 Å². The highest BCUT2D eigenvalue weighted by atomic mass is 35.5. The normalized spacial score (nSPS) is 11.7. The fourth-order valence-corrected chi connectivity index (χ4v) is 2.64. The lowest BCUT2D eigenvalue weighted by Crippen LogP contribution is -2.25. The molecule has 0 radical (unpaired) electrons. The molecule has 0 fully saturated rings. The summed E-state index contributed by atoms with van der Waals surface area (Å²) in [5.74, 6) is -0.457. The molecule has 0 bridgehead atoms. The van der Waals surface area contributed by atoms with Crippen LogP contribution < -0.4 is 10.5 Å². The second-order valence-electron chi connectivity index (χ2n) is 5.22. The zero-order valence-electron chi connectivity index (χ0n) is 13.7. The van der Waals surface area contributed by atoms with E-state index in [4.69, 9.17) is 38.4 Å². The van der Waals surface area contributed by atoms with Crippen molar-refractivity contribution in [3.8, 4) is 5.75 Å². The number of esters is 1. The van der Waals surface area contributed by atoms with Crippen molar-refractivity contribution in [3.63, 3.8) is 0 Å². The predicted molar refractivity (Wildman–Crippen MR) is 97.7 cm³/mol. The number of hydrogen-bond acceptors (Lipinski definition) is 5. The molecule has 0 spiro atoms. The average molecular weight is 382 g/mol. The molecule has 0 aromatic heterocycles. The van der Waals surface area contributed by atoms with E-state index in [2.05, 4.69) is 0 Å². The monoisotopic (exact) mass is 381 g/mol. The van der Waals surface area contributed by atoms with Crippen LogP contribution in [0, 0.1) is 0 Å². The first-order valence-electron chi connectivity index (χ1n) is 7.56. The number of carbonyl (C=O) groups excluding carboxylic acids is 2. The van der Waals surface area contributed by atoms with Gasteiger partial charge in [-0.3, -0.25) is 4.79 Å². The van der Waals surface area contributed by atoms with Crippen molar-refractivity contribution < 1.29 is 19.1 Å². The minimum absolute atomic E-state index is 0.0174. The Morgan fingerprint density at radius 3 is 2.40 bits per heavy atom. The standard InChI is InChI=1S/C18H17Cl2NO4/c1-3-24-13-6-4-11(5-7-13)17(22)10(2)25-18(23)14-8-12(19)9-15(20)16(14)21/h4-10H,3,21H2,1-2H3/t10-/m1/s1. The Morgan fingerprint density at radius 1 is 1.16 bits per heavy atom. The van der Waals surface area contributed by atoms with Gasteiger partial charge in [0, 0.05) is 10.6 Å². The van der Waals surface area contributed by atoms with E-state index in [1.807, 2.05) is 6.92 Å². The Balaban J connectivity index is 2.11. The zero-order valence-corrected chi connectivity index (χ0v) is 15.2. The van der Waals surface area contributed by atoms with Crippen molar-refractivity contribution in [1.29, 1.82) is 0 Å². The fourth-order valence-electron chi connectivity index (χ4n) is 2.15. The summed E-state index contributed by atoms with van der Waals surface area (Å²) < 4.78 is 10.5. The van der Waals surface area contributed by atoms with Crippen LogP contribution in [0.25, 0.3) is 0 Å². The molecule has 0 aliphatic rings. The zero-order chi connectivity index (χ0) is 18.6. The summed E-state index contributed by atoms with van der Waals surface area (Å²) in [7, 11) is 0. The van der Waals surface area contributed by atoms with Crippen LogP contribution in [-0.2, 0) is 4.74 Å². The number of ketones is 1. The van der Waals surface area contributed by atoms with E-state index in [0.29, 0.717) is 17.9 Å². The summed E-state index contributed by atoms with van der Waals surface area (Å²) in [4.78, 5) is 24.7. The van der Waals surface area contributed by atoms with E-state index in [1.165, 1.54) is 19.1 Å². The third-order valence-corrected chi connectivity index (χ3v) is 3.95. The van der Waals surface area contributed by atoms with Gasteiger partial charge in [-0.25, -0.2) is 4.79 Å². The molecular weight excluding hydrogens is 365 g/mol. The molecule has 2 N–H and O–H groups in total. The number of benzene rings is 2. The number of nitrogen functional groups attached to an aromatic ring is 1. The van der Waals surface area contributed by atoms with E-state index in [1.54, 1.807) is 24.3 Å². The van der Waals surface area contributed by atoms with Crippen molar-refractivity contribution >= 4 is 40.6 Å². The second kappa shape index (κ2) is 8.23. The van der Waals surface area contributed by atoms with Gasteiger partial charge in [0.05, 0.1) is 22.9 Å². The predicted octanol–water partition coefficient (Wildman–Crippen LogP) is 4.40. The second-order valence-corrected chi connectivity index (χ2v) is 6.06. The SMILES string of the molecule is CCOc1ccc(C(=O)[C@@H](C)OC(=O)c2cc(Cl)cc(Cl)c2N)cc1. The Morgan fingerprint density at radius 2 is 1.80 bits per heavy atom. The lowest BCUT2D eigenvalue weighted by molar-refractivity contribution is 0.0320. The van der Waals surface area contributed by atoms with Crippen LogP contribution in [0.3, 0.4) is 0 Å². The molecule has 0 aliphatic heterocycles. The topological polar surface area (TPSA) is 78.6 Å². The maximum Gasteiger partial charge on any atom is 0.341 e. The van der Waals surface area contributed by atoms with Crippen LogP contribution in [0.5, 0.6) is 5.75 Å². The van der Waals surface area contributed by atoms with Crippen LogP contribution in [0.1, 0.15) is 34.6 Å². The molecule has 132 valence electrons. The molecule has 2 aromatic rings. The first kappa shape index (κ1) is 19.1. The molecule has 0 saturated carbocycles. The van der Waals surface area contributed by atoms with Crippen molar-refractivity contribution in [3.05, 3.63) is 57.6 Å². The van der Waals surface area contributed by atoms with Crippen LogP contribution >= 0.6 is 23.2 Å². The molecule has 0 saturated heterocycles. The minimum Gasteiger partial charge on any atom is -0.494 e. The fraction of sp³-hybridized carbons (Fsp3) is 0.222. The van der Waals surface area contributed by atoms with Gasteiger partial charge in [-0.05, 0) is 50.2 Å². The quantitative estimate of drug-likeness (QED) is 0.455. The maximum absolute atomic E-state index is 12.4. The number of Topliss-reactive ketones (excluding diaryl/α,β-unsaturated/α-hetero) is 1. The Labute approximate surface area is 155 Å². The first-order valence-corrected chi connectivity index (χ1v) is 8.31. The molecule has 0 heterocycles. The summed E-state index contributed by atoms with van der Waals surface area (Å²) in [5, 5.41) is 0.390. The highest BCUT2D eigenvalue weighted by Crippen LogP contribution is 2.28. The lowest BCUT2D eigenvalue weighted by Gasteiger charge is -2.14. The number of anilines is 1. The summed E-state index contributed by atoms with van der Waals surface area (Å²) in [6, 6.07) is 9.35. The average Bonchev–Trinajstić information content (AvgIpc) is 2.58. The van der Waals surface area contributed by atoms with Gasteiger partial charge < -0.3 is 15.2 Å². The van der Waals surface area contributed by atoms with Crippen LogP contribution in [-0.4, -0.2) is 24.5 Å². The highest BCUT2D eigenvalue weighted by Gasteiger charge is 2.22. The molecule has 0 aliphatic carbocycles. The van der Waals surface area contributed by atoms with Gasteiger partial charge in [-0.2, -0.15) is 0 Å². The number of ether oxygens (including phenoxy) is 2. The lowest BCUT2D eigenvalue weighted by atomic mass is 10.1. The molecule has 7 heteroatoms. The number of rotatable bonds is 6. The third-order valence-electron chi connectivity index (χ3n) is 3.42. The Kier molecular flexibility index (Phi) is 6.28. The first-order chi connectivity index (χ1) is 11.8. The van der Waals surface area contributed by atoms with Crippen molar-refractivity contribution in [2.24, 2.45) is 0 Å². The van der Waals surface area contributed by atoms with Gasteiger partial charge in [-0.15, -0.1) is 0 Å². The summed E-state index contributed by atoms with van der Waals surface area (Å²) >= 11 is 11.8. The molecule has 2 aromatic carbocycles. The number of halogens is 2. The molecule has 25 heavy (non-hydrogen) atoms. The molecule has 0 amide bonds. The van der Waals surface area contributed by atoms with Gasteiger partial charge in [0.25, 0.3) is 0 Å². The number of hydrogen-bond donors (Lipinski definition) is 1. The van der Waals surface area contributed by atoms with Crippen LogP contribution in [0.2, 0.25) is 10.0 Å². The number of carbonyl (C=O) groups is 2. The van der Waals surface area contributed by atoms with Gasteiger partial charge in [0.1, 0.15) is 5.75 Å². The number of nitrogens with two attached hydrogens (primary N) is 1. The van der Waals surface area contributed by atoms with E-state index in [0.717, 1.165) is 0 Å². The largest absolute Gasteiger partial charge is 0.494 e. The smallest absolute Gasteiger partial charge is 0.341 e. The summed E-state index contributed by atoms with van der Waals surface area (Å²) in [6.45, 7) is 3.89. The van der Waals surface area contributed by atoms with E-state index >= 15 is 0 Å². The Hall–Kier alpha value is -2.24. The van der Waals surface area contributed by atoms with Gasteiger partial charge in [0.2, 0.25) is 5.78 Å². The maximum atomic E-state index is 12.4. The van der Waals surface area contributed by atoms with Crippen LogP contribution in [0.4, 0.5) is 5.69 Å².